The Balaban J connectivity index is 1.77. The number of anilines is 1. The Labute approximate surface area is 141 Å². The van der Waals surface area contributed by atoms with Gasteiger partial charge in [0.05, 0.1) is 6.10 Å². The van der Waals surface area contributed by atoms with Crippen LogP contribution in [0.4, 0.5) is 5.69 Å². The van der Waals surface area contributed by atoms with Crippen molar-refractivity contribution in [2.75, 3.05) is 30.0 Å². The van der Waals surface area contributed by atoms with Gasteiger partial charge in [0.2, 0.25) is 11.8 Å². The normalized spacial score (nSPS) is 17.5. The standard InChI is InChI=1S/C16H22N2O5S/c1-12-4-6-13(7-5-12)18-16(20)11-24(21,22)10-15(19)17-9-14-3-2-8-23-14/h4-7,14H,2-3,8-11H2,1H3,(H,17,19)(H,18,20). The first-order chi connectivity index (χ1) is 11.3. The predicted molar refractivity (Wildman–Crippen MR) is 90.4 cm³/mol. The number of ether oxygens (including phenoxy) is 1. The molecule has 1 aromatic carbocycles. The molecule has 1 heterocycles. The Morgan fingerprint density at radius 2 is 1.83 bits per heavy atom. The van der Waals surface area contributed by atoms with Gasteiger partial charge in [0.25, 0.3) is 0 Å². The summed E-state index contributed by atoms with van der Waals surface area (Å²) in [5, 5.41) is 5.04. The van der Waals surface area contributed by atoms with Gasteiger partial charge in [-0.05, 0) is 31.9 Å². The highest BCUT2D eigenvalue weighted by atomic mass is 32.2. The van der Waals surface area contributed by atoms with Gasteiger partial charge in [0.1, 0.15) is 11.5 Å². The minimum absolute atomic E-state index is 0.0542. The molecule has 2 amide bonds. The molecule has 1 fully saturated rings. The molecule has 0 aromatic heterocycles. The highest BCUT2D eigenvalue weighted by Gasteiger charge is 2.22. The van der Waals surface area contributed by atoms with Crippen molar-refractivity contribution in [3.05, 3.63) is 29.8 Å². The van der Waals surface area contributed by atoms with Crippen LogP contribution in [0.1, 0.15) is 18.4 Å². The van der Waals surface area contributed by atoms with Gasteiger partial charge in [0.15, 0.2) is 9.84 Å². The Bertz CT molecular complexity index is 679. The second kappa shape index (κ2) is 8.25. The van der Waals surface area contributed by atoms with E-state index in [0.717, 1.165) is 18.4 Å². The molecule has 0 bridgehead atoms. The molecule has 1 aromatic rings. The van der Waals surface area contributed by atoms with E-state index in [2.05, 4.69) is 10.6 Å². The van der Waals surface area contributed by atoms with Crippen LogP contribution in [-0.4, -0.2) is 51.0 Å². The first kappa shape index (κ1) is 18.4. The lowest BCUT2D eigenvalue weighted by Crippen LogP contribution is -2.37. The second-order valence-corrected chi connectivity index (χ2v) is 7.95. The number of carbonyl (C=O) groups excluding carboxylic acids is 2. The summed E-state index contributed by atoms with van der Waals surface area (Å²) in [4.78, 5) is 23.5. The van der Waals surface area contributed by atoms with Crippen LogP contribution in [0.2, 0.25) is 0 Å². The van der Waals surface area contributed by atoms with Gasteiger partial charge in [-0.3, -0.25) is 9.59 Å². The van der Waals surface area contributed by atoms with E-state index in [0.29, 0.717) is 18.8 Å². The summed E-state index contributed by atoms with van der Waals surface area (Å²) < 4.78 is 29.2. The first-order valence-electron chi connectivity index (χ1n) is 7.79. The van der Waals surface area contributed by atoms with Gasteiger partial charge >= 0.3 is 0 Å². The molecule has 8 heteroatoms. The number of sulfone groups is 1. The third-order valence-corrected chi connectivity index (χ3v) is 4.99. The van der Waals surface area contributed by atoms with E-state index in [9.17, 15) is 18.0 Å². The largest absolute Gasteiger partial charge is 0.376 e. The van der Waals surface area contributed by atoms with Crippen LogP contribution in [0, 0.1) is 6.92 Å². The van der Waals surface area contributed by atoms with Crippen molar-refractivity contribution in [3.63, 3.8) is 0 Å². The highest BCUT2D eigenvalue weighted by Crippen LogP contribution is 2.11. The number of rotatable bonds is 7. The Hall–Kier alpha value is -1.93. The third-order valence-electron chi connectivity index (χ3n) is 3.59. The Morgan fingerprint density at radius 3 is 2.46 bits per heavy atom. The van der Waals surface area contributed by atoms with E-state index in [4.69, 9.17) is 4.74 Å². The molecule has 0 aliphatic carbocycles. The van der Waals surface area contributed by atoms with Gasteiger partial charge in [0, 0.05) is 18.8 Å². The van der Waals surface area contributed by atoms with Crippen molar-refractivity contribution in [2.45, 2.75) is 25.9 Å². The molecule has 7 nitrogen and oxygen atoms in total. The lowest BCUT2D eigenvalue weighted by Gasteiger charge is -2.11. The summed E-state index contributed by atoms with van der Waals surface area (Å²) in [6.45, 7) is 2.87. The molecular weight excluding hydrogens is 332 g/mol. The number of aryl methyl sites for hydroxylation is 1. The van der Waals surface area contributed by atoms with Crippen molar-refractivity contribution in [2.24, 2.45) is 0 Å². The average molecular weight is 354 g/mol. The van der Waals surface area contributed by atoms with Gasteiger partial charge in [-0.25, -0.2) is 8.42 Å². The fraction of sp³-hybridized carbons (Fsp3) is 0.500. The van der Waals surface area contributed by atoms with E-state index in [1.165, 1.54) is 0 Å². The number of carbonyl (C=O) groups is 2. The topological polar surface area (TPSA) is 102 Å². The molecular formula is C16H22N2O5S. The number of hydrogen-bond acceptors (Lipinski definition) is 5. The Kier molecular flexibility index (Phi) is 6.33. The lowest BCUT2D eigenvalue weighted by atomic mass is 10.2. The predicted octanol–water partition coefficient (Wildman–Crippen LogP) is 0.644. The second-order valence-electron chi connectivity index (χ2n) is 5.89. The number of amides is 2. The van der Waals surface area contributed by atoms with E-state index >= 15 is 0 Å². The van der Waals surface area contributed by atoms with E-state index in [1.54, 1.807) is 12.1 Å². The molecule has 1 saturated heterocycles. The van der Waals surface area contributed by atoms with Crippen molar-refractivity contribution in [1.29, 1.82) is 0 Å². The van der Waals surface area contributed by atoms with Gasteiger partial charge in [-0.2, -0.15) is 0 Å². The summed E-state index contributed by atoms with van der Waals surface area (Å²) in [5.74, 6) is -2.71. The molecule has 132 valence electrons. The zero-order valence-electron chi connectivity index (χ0n) is 13.6. The highest BCUT2D eigenvalue weighted by molar-refractivity contribution is 7.92. The van der Waals surface area contributed by atoms with E-state index in [1.807, 2.05) is 19.1 Å². The maximum atomic E-state index is 11.9. The number of benzene rings is 1. The zero-order chi connectivity index (χ0) is 17.6. The van der Waals surface area contributed by atoms with Crippen LogP contribution < -0.4 is 10.6 Å². The van der Waals surface area contributed by atoms with Crippen LogP contribution in [0.3, 0.4) is 0 Å². The third kappa shape index (κ3) is 6.29. The maximum absolute atomic E-state index is 11.9. The fourth-order valence-electron chi connectivity index (χ4n) is 2.37. The van der Waals surface area contributed by atoms with Gasteiger partial charge in [-0.1, -0.05) is 17.7 Å². The maximum Gasteiger partial charge on any atom is 0.239 e. The first-order valence-corrected chi connectivity index (χ1v) is 9.61. The van der Waals surface area contributed by atoms with Crippen molar-refractivity contribution >= 4 is 27.3 Å². The molecule has 24 heavy (non-hydrogen) atoms. The van der Waals surface area contributed by atoms with Crippen LogP contribution in [0.15, 0.2) is 24.3 Å². The lowest BCUT2D eigenvalue weighted by molar-refractivity contribution is -0.119. The van der Waals surface area contributed by atoms with Crippen molar-refractivity contribution in [1.82, 2.24) is 5.32 Å². The van der Waals surface area contributed by atoms with E-state index in [-0.39, 0.29) is 6.10 Å². The molecule has 0 spiro atoms. The van der Waals surface area contributed by atoms with Gasteiger partial charge < -0.3 is 15.4 Å². The van der Waals surface area contributed by atoms with Crippen LogP contribution in [-0.2, 0) is 24.2 Å². The minimum Gasteiger partial charge on any atom is -0.376 e. The monoisotopic (exact) mass is 354 g/mol. The zero-order valence-corrected chi connectivity index (χ0v) is 14.4. The average Bonchev–Trinajstić information content (AvgIpc) is 2.99. The summed E-state index contributed by atoms with van der Waals surface area (Å²) in [5.41, 5.74) is 1.55. The summed E-state index contributed by atoms with van der Waals surface area (Å²) in [7, 11) is -3.82. The number of hydrogen-bond donors (Lipinski definition) is 2. The molecule has 1 aliphatic heterocycles. The van der Waals surface area contributed by atoms with Crippen LogP contribution in [0.25, 0.3) is 0 Å². The SMILES string of the molecule is Cc1ccc(NC(=O)CS(=O)(=O)CC(=O)NCC2CCCO2)cc1. The number of nitrogens with one attached hydrogen (secondary N) is 2. The van der Waals surface area contributed by atoms with Crippen LogP contribution in [0.5, 0.6) is 0 Å². The van der Waals surface area contributed by atoms with E-state index < -0.39 is 33.2 Å². The minimum atomic E-state index is -3.82. The quantitative estimate of drug-likeness (QED) is 0.748. The molecule has 1 unspecified atom stereocenters. The molecule has 1 atom stereocenters. The molecule has 2 rings (SSSR count). The molecule has 1 aliphatic rings. The van der Waals surface area contributed by atoms with Crippen LogP contribution >= 0.6 is 0 Å². The summed E-state index contributed by atoms with van der Waals surface area (Å²) >= 11 is 0. The van der Waals surface area contributed by atoms with Crippen molar-refractivity contribution in [3.8, 4) is 0 Å². The Morgan fingerprint density at radius 1 is 1.17 bits per heavy atom. The van der Waals surface area contributed by atoms with Crippen molar-refractivity contribution < 1.29 is 22.7 Å². The molecule has 0 radical (unpaired) electrons. The molecule has 0 saturated carbocycles. The molecule has 2 N–H and O–H groups in total. The smallest absolute Gasteiger partial charge is 0.239 e. The summed E-state index contributed by atoms with van der Waals surface area (Å²) in [6.07, 6.45) is 1.74. The van der Waals surface area contributed by atoms with Gasteiger partial charge in [-0.15, -0.1) is 0 Å². The fourth-order valence-corrected chi connectivity index (χ4v) is 3.44. The summed E-state index contributed by atoms with van der Waals surface area (Å²) in [6, 6.07) is 6.99.